The number of rotatable bonds is 2. The van der Waals surface area contributed by atoms with Crippen molar-refractivity contribution >= 4 is 15.9 Å². The smallest absolute Gasteiger partial charge is 0.0693 e. The summed E-state index contributed by atoms with van der Waals surface area (Å²) in [4.78, 5) is 0. The monoisotopic (exact) mass is 263 g/mol. The van der Waals surface area contributed by atoms with Gasteiger partial charge in [0.25, 0.3) is 0 Å². The highest BCUT2D eigenvalue weighted by atomic mass is 79.9. The molecule has 0 amide bonds. The van der Waals surface area contributed by atoms with Gasteiger partial charge < -0.3 is 0 Å². The van der Waals surface area contributed by atoms with E-state index in [-0.39, 0.29) is 5.41 Å². The first kappa shape index (κ1) is 10.7. The molecule has 0 saturated heterocycles. The summed E-state index contributed by atoms with van der Waals surface area (Å²) >= 11 is 3.48. The van der Waals surface area contributed by atoms with Crippen LogP contribution in [-0.4, -0.2) is 0 Å². The number of hydrogen-bond acceptors (Lipinski definition) is 1. The van der Waals surface area contributed by atoms with Crippen molar-refractivity contribution in [1.82, 2.24) is 0 Å². The second-order valence-electron chi connectivity index (χ2n) is 4.49. The van der Waals surface area contributed by atoms with Crippen molar-refractivity contribution in [3.8, 4) is 6.07 Å². The molecule has 1 aliphatic carbocycles. The van der Waals surface area contributed by atoms with Gasteiger partial charge in [0, 0.05) is 4.47 Å². The fraction of sp³-hybridized carbons (Fsp3) is 0.462. The molecule has 0 radical (unpaired) electrons. The molecule has 15 heavy (non-hydrogen) atoms. The fourth-order valence-corrected chi connectivity index (χ4v) is 2.54. The highest BCUT2D eigenvalue weighted by molar-refractivity contribution is 9.10. The zero-order chi connectivity index (χ0) is 10.9. The van der Waals surface area contributed by atoms with Crippen LogP contribution in [-0.2, 0) is 6.42 Å². The summed E-state index contributed by atoms with van der Waals surface area (Å²) in [6.45, 7) is 2.12. The zero-order valence-electron chi connectivity index (χ0n) is 8.89. The summed E-state index contributed by atoms with van der Waals surface area (Å²) in [5.41, 5.74) is 2.54. The molecule has 0 bridgehead atoms. The Balaban J connectivity index is 2.24. The Morgan fingerprint density at radius 1 is 1.47 bits per heavy atom. The van der Waals surface area contributed by atoms with Crippen LogP contribution in [0.1, 0.15) is 30.4 Å². The molecule has 1 saturated carbocycles. The lowest BCUT2D eigenvalue weighted by Gasteiger charge is -2.35. The third kappa shape index (κ3) is 2.08. The van der Waals surface area contributed by atoms with E-state index in [4.69, 9.17) is 0 Å². The van der Waals surface area contributed by atoms with Crippen LogP contribution in [0.5, 0.6) is 0 Å². The second kappa shape index (κ2) is 3.98. The Bertz CT molecular complexity index is 413. The number of hydrogen-bond donors (Lipinski definition) is 0. The minimum atomic E-state index is -0.0639. The molecule has 1 nitrogen and oxygen atoms in total. The lowest BCUT2D eigenvalue weighted by atomic mass is 9.66. The molecule has 2 heteroatoms. The summed E-state index contributed by atoms with van der Waals surface area (Å²) in [6.07, 6.45) is 4.25. The number of halogens is 1. The number of benzene rings is 1. The maximum absolute atomic E-state index is 9.20. The van der Waals surface area contributed by atoms with Crippen LogP contribution in [0.2, 0.25) is 0 Å². The minimum Gasteiger partial charge on any atom is -0.198 e. The van der Waals surface area contributed by atoms with Crippen molar-refractivity contribution in [2.45, 2.75) is 32.6 Å². The van der Waals surface area contributed by atoms with Gasteiger partial charge in [0.15, 0.2) is 0 Å². The highest BCUT2D eigenvalue weighted by Crippen LogP contribution is 2.43. The van der Waals surface area contributed by atoms with E-state index in [1.165, 1.54) is 17.5 Å². The third-order valence-electron chi connectivity index (χ3n) is 3.39. The van der Waals surface area contributed by atoms with E-state index in [1.54, 1.807) is 0 Å². The molecule has 0 atom stereocenters. The lowest BCUT2D eigenvalue weighted by molar-refractivity contribution is 0.214. The van der Waals surface area contributed by atoms with E-state index in [9.17, 15) is 5.26 Å². The van der Waals surface area contributed by atoms with Gasteiger partial charge in [0.05, 0.1) is 11.5 Å². The molecule has 0 spiro atoms. The SMILES string of the molecule is Cc1ccc(Br)cc1CC1(C#N)CCC1. The van der Waals surface area contributed by atoms with Gasteiger partial charge in [-0.1, -0.05) is 28.4 Å². The summed E-state index contributed by atoms with van der Waals surface area (Å²) in [7, 11) is 0. The quantitative estimate of drug-likeness (QED) is 0.792. The summed E-state index contributed by atoms with van der Waals surface area (Å²) in [6, 6.07) is 8.81. The highest BCUT2D eigenvalue weighted by Gasteiger charge is 2.37. The van der Waals surface area contributed by atoms with Crippen LogP contribution in [0.15, 0.2) is 22.7 Å². The largest absolute Gasteiger partial charge is 0.198 e. The van der Waals surface area contributed by atoms with Crippen LogP contribution < -0.4 is 0 Å². The lowest BCUT2D eigenvalue weighted by Crippen LogP contribution is -2.30. The van der Waals surface area contributed by atoms with Gasteiger partial charge in [-0.25, -0.2) is 0 Å². The summed E-state index contributed by atoms with van der Waals surface area (Å²) in [5, 5.41) is 9.20. The minimum absolute atomic E-state index is 0.0639. The van der Waals surface area contributed by atoms with E-state index in [2.05, 4.69) is 47.1 Å². The van der Waals surface area contributed by atoms with Crippen molar-refractivity contribution < 1.29 is 0 Å². The maximum Gasteiger partial charge on any atom is 0.0693 e. The zero-order valence-corrected chi connectivity index (χ0v) is 10.5. The van der Waals surface area contributed by atoms with Gasteiger partial charge in [-0.2, -0.15) is 5.26 Å². The van der Waals surface area contributed by atoms with Gasteiger partial charge >= 0.3 is 0 Å². The summed E-state index contributed by atoms with van der Waals surface area (Å²) < 4.78 is 1.11. The molecule has 1 fully saturated rings. The van der Waals surface area contributed by atoms with Crippen LogP contribution in [0.25, 0.3) is 0 Å². The maximum atomic E-state index is 9.20. The van der Waals surface area contributed by atoms with Gasteiger partial charge in [0.2, 0.25) is 0 Å². The van der Waals surface area contributed by atoms with Crippen LogP contribution >= 0.6 is 15.9 Å². The van der Waals surface area contributed by atoms with Gasteiger partial charge in [-0.15, -0.1) is 0 Å². The molecule has 0 N–H and O–H groups in total. The molecular weight excluding hydrogens is 250 g/mol. The Labute approximate surface area is 99.2 Å². The topological polar surface area (TPSA) is 23.8 Å². The molecular formula is C13H14BrN. The van der Waals surface area contributed by atoms with Crippen molar-refractivity contribution in [3.05, 3.63) is 33.8 Å². The van der Waals surface area contributed by atoms with Crippen LogP contribution in [0.3, 0.4) is 0 Å². The van der Waals surface area contributed by atoms with E-state index in [0.29, 0.717) is 0 Å². The van der Waals surface area contributed by atoms with Crippen molar-refractivity contribution in [3.63, 3.8) is 0 Å². The average molecular weight is 264 g/mol. The van der Waals surface area contributed by atoms with Crippen molar-refractivity contribution in [2.24, 2.45) is 5.41 Å². The molecule has 0 aliphatic heterocycles. The second-order valence-corrected chi connectivity index (χ2v) is 5.41. The molecule has 0 heterocycles. The van der Waals surface area contributed by atoms with Gasteiger partial charge in [0.1, 0.15) is 0 Å². The first-order valence-electron chi connectivity index (χ1n) is 5.31. The Morgan fingerprint density at radius 2 is 2.20 bits per heavy atom. The van der Waals surface area contributed by atoms with Crippen molar-refractivity contribution in [2.75, 3.05) is 0 Å². The normalized spacial score (nSPS) is 17.9. The first-order chi connectivity index (χ1) is 7.15. The fourth-order valence-electron chi connectivity index (χ4n) is 2.13. The standard InChI is InChI=1S/C13H14BrN/c1-10-3-4-12(14)7-11(10)8-13(9-15)5-2-6-13/h3-4,7H,2,5-6,8H2,1H3. The third-order valence-corrected chi connectivity index (χ3v) is 3.88. The molecule has 0 unspecified atom stereocenters. The van der Waals surface area contributed by atoms with Crippen LogP contribution in [0.4, 0.5) is 0 Å². The predicted octanol–water partition coefficient (Wildman–Crippen LogP) is 3.99. The van der Waals surface area contributed by atoms with E-state index < -0.39 is 0 Å². The molecule has 0 aromatic heterocycles. The molecule has 2 rings (SSSR count). The first-order valence-corrected chi connectivity index (χ1v) is 6.11. The molecule has 1 aromatic carbocycles. The van der Waals surface area contributed by atoms with Gasteiger partial charge in [-0.05, 0) is 49.4 Å². The molecule has 1 aromatic rings. The molecule has 1 aliphatic rings. The Kier molecular flexibility index (Phi) is 2.84. The van der Waals surface area contributed by atoms with E-state index >= 15 is 0 Å². The Hall–Kier alpha value is -0.810. The number of aryl methyl sites for hydroxylation is 1. The number of nitrogens with zero attached hydrogens (tertiary/aromatic N) is 1. The Morgan fingerprint density at radius 3 is 2.73 bits per heavy atom. The summed E-state index contributed by atoms with van der Waals surface area (Å²) in [5.74, 6) is 0. The van der Waals surface area contributed by atoms with Crippen LogP contribution in [0, 0.1) is 23.7 Å². The number of nitriles is 1. The van der Waals surface area contributed by atoms with Gasteiger partial charge in [-0.3, -0.25) is 0 Å². The van der Waals surface area contributed by atoms with Crippen molar-refractivity contribution in [1.29, 1.82) is 5.26 Å². The molecule has 78 valence electrons. The van der Waals surface area contributed by atoms with E-state index in [0.717, 1.165) is 23.7 Å². The average Bonchev–Trinajstić information content (AvgIpc) is 2.17. The van der Waals surface area contributed by atoms with E-state index in [1.807, 2.05) is 0 Å². The predicted molar refractivity (Wildman–Crippen MR) is 64.5 cm³/mol.